The van der Waals surface area contributed by atoms with Crippen molar-refractivity contribution in [3.8, 4) is 11.1 Å². The van der Waals surface area contributed by atoms with Gasteiger partial charge in [0, 0.05) is 24.6 Å². The highest BCUT2D eigenvalue weighted by Gasteiger charge is 2.20. The van der Waals surface area contributed by atoms with E-state index in [-0.39, 0.29) is 17.9 Å². The van der Waals surface area contributed by atoms with Gasteiger partial charge in [0.1, 0.15) is 5.82 Å². The summed E-state index contributed by atoms with van der Waals surface area (Å²) >= 11 is 1.64. The second-order valence-corrected chi connectivity index (χ2v) is 7.39. The van der Waals surface area contributed by atoms with Crippen molar-refractivity contribution in [2.24, 2.45) is 0 Å². The molecule has 0 saturated heterocycles. The molecule has 0 unspecified atom stereocenters. The Balaban J connectivity index is 1.43. The first kappa shape index (κ1) is 20.4. The molecular formula is C23H17FN4O2S. The zero-order valence-corrected chi connectivity index (χ0v) is 17.0. The number of amides is 2. The quantitative estimate of drug-likeness (QED) is 0.469. The van der Waals surface area contributed by atoms with Crippen molar-refractivity contribution in [1.82, 2.24) is 15.3 Å². The molecular weight excluding hydrogens is 415 g/mol. The van der Waals surface area contributed by atoms with Crippen LogP contribution in [0.2, 0.25) is 0 Å². The normalized spacial score (nSPS) is 10.5. The van der Waals surface area contributed by atoms with Gasteiger partial charge in [-0.2, -0.15) is 11.3 Å². The predicted octanol–water partition coefficient (Wildman–Crippen LogP) is 4.53. The van der Waals surface area contributed by atoms with E-state index >= 15 is 0 Å². The lowest BCUT2D eigenvalue weighted by molar-refractivity contribution is 0.0931. The monoisotopic (exact) mass is 432 g/mol. The van der Waals surface area contributed by atoms with Crippen LogP contribution in [0.3, 0.4) is 0 Å². The van der Waals surface area contributed by atoms with Gasteiger partial charge in [0.15, 0.2) is 11.4 Å². The molecule has 0 bridgehead atoms. The van der Waals surface area contributed by atoms with E-state index in [1.807, 2.05) is 35.7 Å². The van der Waals surface area contributed by atoms with E-state index < -0.39 is 17.6 Å². The summed E-state index contributed by atoms with van der Waals surface area (Å²) in [6.07, 6.45) is 2.68. The van der Waals surface area contributed by atoms with Crippen molar-refractivity contribution in [3.63, 3.8) is 0 Å². The number of carbonyl (C=O) groups is 2. The van der Waals surface area contributed by atoms with Crippen molar-refractivity contribution in [2.75, 3.05) is 5.32 Å². The minimum absolute atomic E-state index is 0.0861. The van der Waals surface area contributed by atoms with Gasteiger partial charge in [0.05, 0.1) is 0 Å². The fourth-order valence-electron chi connectivity index (χ4n) is 2.90. The maximum atomic E-state index is 13.0. The molecule has 0 spiro atoms. The highest BCUT2D eigenvalue weighted by molar-refractivity contribution is 7.08. The second kappa shape index (κ2) is 9.27. The van der Waals surface area contributed by atoms with E-state index in [2.05, 4.69) is 26.0 Å². The minimum atomic E-state index is -0.607. The molecule has 0 saturated carbocycles. The Morgan fingerprint density at radius 2 is 1.52 bits per heavy atom. The van der Waals surface area contributed by atoms with Crippen LogP contribution in [-0.2, 0) is 6.54 Å². The number of halogens is 1. The van der Waals surface area contributed by atoms with Gasteiger partial charge in [-0.25, -0.2) is 14.4 Å². The van der Waals surface area contributed by atoms with Gasteiger partial charge in [-0.15, -0.1) is 0 Å². The van der Waals surface area contributed by atoms with Gasteiger partial charge in [-0.1, -0.05) is 24.3 Å². The zero-order chi connectivity index (χ0) is 21.6. The van der Waals surface area contributed by atoms with Crippen LogP contribution in [0.1, 0.15) is 26.5 Å². The van der Waals surface area contributed by atoms with Crippen LogP contribution in [0, 0.1) is 5.82 Å². The van der Waals surface area contributed by atoms with Crippen molar-refractivity contribution < 1.29 is 14.0 Å². The Bertz CT molecular complexity index is 1190. The first-order valence-electron chi connectivity index (χ1n) is 9.38. The fraction of sp³-hybridized carbons (Fsp3) is 0.0435. The third-order valence-electron chi connectivity index (χ3n) is 4.49. The van der Waals surface area contributed by atoms with Gasteiger partial charge < -0.3 is 10.6 Å². The number of aromatic nitrogens is 2. The highest BCUT2D eigenvalue weighted by atomic mass is 32.1. The largest absolute Gasteiger partial charge is 0.347 e. The van der Waals surface area contributed by atoms with Crippen molar-refractivity contribution in [3.05, 3.63) is 101 Å². The molecule has 8 heteroatoms. The highest BCUT2D eigenvalue weighted by Crippen LogP contribution is 2.22. The second-order valence-electron chi connectivity index (χ2n) is 6.61. The molecule has 2 aromatic carbocycles. The molecule has 6 nitrogen and oxygen atoms in total. The van der Waals surface area contributed by atoms with Gasteiger partial charge in [-0.05, 0) is 57.8 Å². The van der Waals surface area contributed by atoms with Crippen LogP contribution >= 0.6 is 11.3 Å². The van der Waals surface area contributed by atoms with Crippen molar-refractivity contribution in [2.45, 2.75) is 6.54 Å². The smallest absolute Gasteiger partial charge is 0.276 e. The predicted molar refractivity (Wildman–Crippen MR) is 117 cm³/mol. The average Bonchev–Trinajstić information content (AvgIpc) is 3.34. The van der Waals surface area contributed by atoms with Crippen LogP contribution in [0.4, 0.5) is 10.1 Å². The summed E-state index contributed by atoms with van der Waals surface area (Å²) < 4.78 is 13.0. The summed E-state index contributed by atoms with van der Waals surface area (Å²) in [5, 5.41) is 9.45. The number of thiophene rings is 1. The third-order valence-corrected chi connectivity index (χ3v) is 5.18. The summed E-state index contributed by atoms with van der Waals surface area (Å²) in [4.78, 5) is 33.2. The summed E-state index contributed by atoms with van der Waals surface area (Å²) in [7, 11) is 0. The van der Waals surface area contributed by atoms with Crippen LogP contribution in [-0.4, -0.2) is 21.8 Å². The summed E-state index contributed by atoms with van der Waals surface area (Å²) in [6.45, 7) is 0.276. The standard InChI is InChI=1S/C23H17FN4O2S/c24-18-5-7-19(8-6-18)28-23(30)21-20(25-10-11-26-21)22(29)27-13-15-1-3-16(4-2-15)17-9-12-31-14-17/h1-12,14H,13H2,(H,27,29)(H,28,30). The molecule has 4 aromatic rings. The van der Waals surface area contributed by atoms with Crippen molar-refractivity contribution >= 4 is 28.8 Å². The van der Waals surface area contributed by atoms with Gasteiger partial charge in [-0.3, -0.25) is 9.59 Å². The fourth-order valence-corrected chi connectivity index (χ4v) is 3.57. The third kappa shape index (κ3) is 4.99. The van der Waals surface area contributed by atoms with Crippen LogP contribution < -0.4 is 10.6 Å². The topological polar surface area (TPSA) is 84.0 Å². The Kier molecular flexibility index (Phi) is 6.09. The van der Waals surface area contributed by atoms with E-state index in [0.29, 0.717) is 5.69 Å². The van der Waals surface area contributed by atoms with E-state index in [0.717, 1.165) is 16.7 Å². The molecule has 31 heavy (non-hydrogen) atoms. The molecule has 2 heterocycles. The van der Waals surface area contributed by atoms with Crippen LogP contribution in [0.25, 0.3) is 11.1 Å². The number of anilines is 1. The molecule has 0 aliphatic rings. The SMILES string of the molecule is O=C(NCc1ccc(-c2ccsc2)cc1)c1nccnc1C(=O)Nc1ccc(F)cc1. The average molecular weight is 432 g/mol. The maximum Gasteiger partial charge on any atom is 0.276 e. The molecule has 2 amide bonds. The molecule has 154 valence electrons. The summed E-state index contributed by atoms with van der Waals surface area (Å²) in [5.41, 5.74) is 3.35. The molecule has 0 aliphatic heterocycles. The molecule has 4 rings (SSSR count). The van der Waals surface area contributed by atoms with Gasteiger partial charge in [0.2, 0.25) is 0 Å². The first-order valence-corrected chi connectivity index (χ1v) is 10.3. The number of nitrogens with zero attached hydrogens (tertiary/aromatic N) is 2. The van der Waals surface area contributed by atoms with E-state index in [1.165, 1.54) is 36.7 Å². The van der Waals surface area contributed by atoms with E-state index in [9.17, 15) is 14.0 Å². The summed E-state index contributed by atoms with van der Waals surface area (Å²) in [5.74, 6) is -1.54. The molecule has 0 fully saturated rings. The lowest BCUT2D eigenvalue weighted by Gasteiger charge is -2.09. The number of rotatable bonds is 6. The number of nitrogens with one attached hydrogen (secondary N) is 2. The Morgan fingerprint density at radius 3 is 2.16 bits per heavy atom. The molecule has 0 atom stereocenters. The first-order chi connectivity index (χ1) is 15.1. The number of hydrogen-bond acceptors (Lipinski definition) is 5. The molecule has 0 radical (unpaired) electrons. The minimum Gasteiger partial charge on any atom is -0.347 e. The van der Waals surface area contributed by atoms with E-state index in [4.69, 9.17) is 0 Å². The maximum absolute atomic E-state index is 13.0. The Labute approximate surface area is 181 Å². The van der Waals surface area contributed by atoms with Crippen LogP contribution in [0.15, 0.2) is 77.8 Å². The molecule has 2 N–H and O–H groups in total. The van der Waals surface area contributed by atoms with Crippen LogP contribution in [0.5, 0.6) is 0 Å². The number of benzene rings is 2. The number of hydrogen-bond donors (Lipinski definition) is 2. The lowest BCUT2D eigenvalue weighted by atomic mass is 10.1. The Morgan fingerprint density at radius 1 is 0.839 bits per heavy atom. The molecule has 0 aliphatic carbocycles. The van der Waals surface area contributed by atoms with Crippen molar-refractivity contribution in [1.29, 1.82) is 0 Å². The molecule has 2 aromatic heterocycles. The van der Waals surface area contributed by atoms with Gasteiger partial charge >= 0.3 is 0 Å². The van der Waals surface area contributed by atoms with Gasteiger partial charge in [0.25, 0.3) is 11.8 Å². The van der Waals surface area contributed by atoms with E-state index in [1.54, 1.807) is 11.3 Å². The summed E-state index contributed by atoms with van der Waals surface area (Å²) in [6, 6.07) is 15.2. The Hall–Kier alpha value is -3.91. The number of carbonyl (C=O) groups excluding carboxylic acids is 2. The zero-order valence-electron chi connectivity index (χ0n) is 16.2. The lowest BCUT2D eigenvalue weighted by Crippen LogP contribution is -2.28.